The summed E-state index contributed by atoms with van der Waals surface area (Å²) in [5, 5.41) is 0. The maximum Gasteiger partial charge on any atom is 0.214 e. The second-order valence-corrected chi connectivity index (χ2v) is 0.713. The van der Waals surface area contributed by atoms with Gasteiger partial charge in [-0.25, -0.2) is 4.79 Å². The summed E-state index contributed by atoms with van der Waals surface area (Å²) in [5.74, 6) is 0.417. The van der Waals surface area contributed by atoms with E-state index in [0.29, 0.717) is 0 Å². The van der Waals surface area contributed by atoms with Gasteiger partial charge in [0.1, 0.15) is 5.94 Å². The van der Waals surface area contributed by atoms with Crippen molar-refractivity contribution in [3.63, 3.8) is 0 Å². The average Bonchev–Trinajstić information content (AvgIpc) is 1.33. The fourth-order valence-electron chi connectivity index (χ4n) is 0. The van der Waals surface area contributed by atoms with Crippen molar-refractivity contribution in [2.75, 3.05) is 0 Å². The van der Waals surface area contributed by atoms with Gasteiger partial charge in [0.25, 0.3) is 0 Å². The number of rotatable bonds is 0. The summed E-state index contributed by atoms with van der Waals surface area (Å²) in [7, 11) is 0. The number of nitrogens with two attached hydrogens (primary N) is 1. The lowest BCUT2D eigenvalue weighted by Crippen LogP contribution is -2.01. The molecule has 0 aliphatic rings. The third kappa shape index (κ3) is 36.0. The Morgan fingerprint density at radius 2 is 1.86 bits per heavy atom. The minimum atomic E-state index is -0.333. The van der Waals surface area contributed by atoms with Gasteiger partial charge < -0.3 is 5.73 Å². The summed E-state index contributed by atoms with van der Waals surface area (Å²) in [5.41, 5.74) is 4.47. The maximum atomic E-state index is 9.22. The highest BCUT2D eigenvalue weighted by atomic mass is 16.1. The van der Waals surface area contributed by atoms with Crippen molar-refractivity contribution < 1.29 is 9.59 Å². The molecule has 0 atom stereocenters. The number of hydrogen-bond donors (Lipinski definition) is 1. The third-order valence-corrected chi connectivity index (χ3v) is 0. The van der Waals surface area contributed by atoms with Gasteiger partial charge in [-0.2, -0.15) is 0 Å². The molecule has 0 bridgehead atoms. The normalized spacial score (nSPS) is 4.71. The van der Waals surface area contributed by atoms with E-state index in [9.17, 15) is 4.79 Å². The molecule has 0 saturated carbocycles. The quantitative estimate of drug-likeness (QED) is 0.403. The highest BCUT2D eigenvalue weighted by Gasteiger charge is 1.61. The molecule has 0 aromatic heterocycles. The Morgan fingerprint density at radius 3 is 1.86 bits per heavy atom. The van der Waals surface area contributed by atoms with E-state index in [1.165, 1.54) is 6.92 Å². The highest BCUT2D eigenvalue weighted by molar-refractivity contribution is 5.70. The number of carbonyl (C=O) groups excluding carboxylic acids is 2. The molecule has 0 aromatic carbocycles. The molecule has 0 aliphatic carbocycles. The summed E-state index contributed by atoms with van der Waals surface area (Å²) < 4.78 is 0. The van der Waals surface area contributed by atoms with Crippen molar-refractivity contribution in [1.82, 2.24) is 0 Å². The SMILES string of the molecule is CC(N)=O.[C]=C=O. The molecule has 2 radical (unpaired) electrons. The predicted octanol–water partition coefficient (Wildman–Crippen LogP) is -0.824. The molecule has 0 aliphatic heterocycles. The molecule has 0 heterocycles. The molecule has 7 heavy (non-hydrogen) atoms. The van der Waals surface area contributed by atoms with Crippen LogP contribution >= 0.6 is 0 Å². The summed E-state index contributed by atoms with van der Waals surface area (Å²) in [6.07, 6.45) is 0. The fourth-order valence-corrected chi connectivity index (χ4v) is 0. The van der Waals surface area contributed by atoms with Crippen LogP contribution in [0.1, 0.15) is 6.92 Å². The number of primary amides is 1. The largest absolute Gasteiger partial charge is 0.370 e. The molecule has 0 spiro atoms. The van der Waals surface area contributed by atoms with Gasteiger partial charge in [-0.3, -0.25) is 4.79 Å². The summed E-state index contributed by atoms with van der Waals surface area (Å²) in [4.78, 5) is 17.6. The van der Waals surface area contributed by atoms with E-state index in [2.05, 4.69) is 5.73 Å². The van der Waals surface area contributed by atoms with E-state index in [0.717, 1.165) is 5.94 Å². The molecule has 0 aromatic rings. The van der Waals surface area contributed by atoms with E-state index >= 15 is 0 Å². The first-order valence-corrected chi connectivity index (χ1v) is 1.45. The lowest BCUT2D eigenvalue weighted by Gasteiger charge is -1.60. The minimum Gasteiger partial charge on any atom is -0.370 e. The van der Waals surface area contributed by atoms with Crippen LogP contribution in [0.2, 0.25) is 0 Å². The molecule has 2 N–H and O–H groups in total. The Morgan fingerprint density at radius 1 is 1.86 bits per heavy atom. The first-order valence-electron chi connectivity index (χ1n) is 1.45. The van der Waals surface area contributed by atoms with Crippen LogP contribution in [0.15, 0.2) is 0 Å². The van der Waals surface area contributed by atoms with Gasteiger partial charge in [-0.15, -0.1) is 0 Å². The van der Waals surface area contributed by atoms with Crippen molar-refractivity contribution in [3.05, 3.63) is 6.58 Å². The van der Waals surface area contributed by atoms with Crippen LogP contribution in [0.5, 0.6) is 0 Å². The van der Waals surface area contributed by atoms with Gasteiger partial charge in [-0.05, 0) is 0 Å². The summed E-state index contributed by atoms with van der Waals surface area (Å²) in [6, 6.07) is 0. The van der Waals surface area contributed by atoms with Crippen LogP contribution in [-0.4, -0.2) is 11.8 Å². The number of hydrogen-bond acceptors (Lipinski definition) is 2. The minimum absolute atomic E-state index is 0.333. The van der Waals surface area contributed by atoms with E-state index in [1.807, 2.05) is 0 Å². The summed E-state index contributed by atoms with van der Waals surface area (Å²) >= 11 is 0. The molecular formula is C4H5NO2. The second-order valence-electron chi connectivity index (χ2n) is 0.713. The molecule has 3 heteroatoms. The topological polar surface area (TPSA) is 60.2 Å². The van der Waals surface area contributed by atoms with Gasteiger partial charge in [0, 0.05) is 6.92 Å². The lowest BCUT2D eigenvalue weighted by molar-refractivity contribution is -0.115. The van der Waals surface area contributed by atoms with Gasteiger partial charge in [0.15, 0.2) is 0 Å². The Kier molecular flexibility index (Phi) is 11.8. The van der Waals surface area contributed by atoms with Crippen LogP contribution < -0.4 is 5.73 Å². The molecular weight excluding hydrogens is 94.0 g/mol. The van der Waals surface area contributed by atoms with Crippen molar-refractivity contribution in [2.45, 2.75) is 6.92 Å². The van der Waals surface area contributed by atoms with Gasteiger partial charge >= 0.3 is 0 Å². The Bertz CT molecular complexity index is 77.7. The van der Waals surface area contributed by atoms with Crippen molar-refractivity contribution >= 4 is 11.8 Å². The molecule has 0 fully saturated rings. The highest BCUT2D eigenvalue weighted by Crippen LogP contribution is 1.33. The zero-order chi connectivity index (χ0) is 6.28. The third-order valence-electron chi connectivity index (χ3n) is 0. The molecule has 0 unspecified atom stereocenters. The molecule has 0 rings (SSSR count). The van der Waals surface area contributed by atoms with Gasteiger partial charge in [-0.1, -0.05) is 0 Å². The van der Waals surface area contributed by atoms with Crippen molar-refractivity contribution in [3.8, 4) is 0 Å². The molecule has 38 valence electrons. The van der Waals surface area contributed by atoms with Crippen molar-refractivity contribution in [2.24, 2.45) is 5.73 Å². The zero-order valence-corrected chi connectivity index (χ0v) is 3.89. The molecule has 0 saturated heterocycles. The van der Waals surface area contributed by atoms with E-state index in [-0.39, 0.29) is 5.91 Å². The number of amides is 1. The predicted molar refractivity (Wildman–Crippen MR) is 23.8 cm³/mol. The Balaban J connectivity index is 0. The first kappa shape index (κ1) is 9.33. The van der Waals surface area contributed by atoms with Crippen LogP contribution in [0.25, 0.3) is 0 Å². The van der Waals surface area contributed by atoms with Crippen LogP contribution in [0, 0.1) is 6.58 Å². The number of carbonyl (C=O) groups is 1. The maximum absolute atomic E-state index is 9.22. The van der Waals surface area contributed by atoms with E-state index in [1.54, 1.807) is 0 Å². The second kappa shape index (κ2) is 8.87. The summed E-state index contributed by atoms with van der Waals surface area (Å²) in [6.45, 7) is 6.71. The smallest absolute Gasteiger partial charge is 0.214 e. The zero-order valence-electron chi connectivity index (χ0n) is 3.89. The van der Waals surface area contributed by atoms with Crippen LogP contribution in [0.4, 0.5) is 0 Å². The van der Waals surface area contributed by atoms with E-state index < -0.39 is 0 Å². The average molecular weight is 99.1 g/mol. The van der Waals surface area contributed by atoms with Crippen molar-refractivity contribution in [1.29, 1.82) is 0 Å². The molecule has 1 amide bonds. The molecule has 3 nitrogen and oxygen atoms in total. The lowest BCUT2D eigenvalue weighted by atomic mass is 10.8. The monoisotopic (exact) mass is 99.0 g/mol. The Labute approximate surface area is 41.8 Å². The van der Waals surface area contributed by atoms with Crippen LogP contribution in [0.3, 0.4) is 0 Å². The Hall–Kier alpha value is -1.08. The standard InChI is InChI=1S/C2H5NO.C2O/c1-2(3)4;1-2-3/h1H3,(H2,3,4);. The van der Waals surface area contributed by atoms with Crippen LogP contribution in [-0.2, 0) is 9.59 Å². The van der Waals surface area contributed by atoms with E-state index in [4.69, 9.17) is 11.4 Å². The van der Waals surface area contributed by atoms with Gasteiger partial charge in [0.05, 0.1) is 6.58 Å². The van der Waals surface area contributed by atoms with Gasteiger partial charge in [0.2, 0.25) is 5.91 Å². The fraction of sp³-hybridized carbons (Fsp3) is 0.250. The first-order chi connectivity index (χ1) is 3.15.